The maximum absolute atomic E-state index is 12.7. The van der Waals surface area contributed by atoms with E-state index in [1.165, 1.54) is 11.3 Å². The van der Waals surface area contributed by atoms with Crippen LogP contribution in [0.25, 0.3) is 16.0 Å². The summed E-state index contributed by atoms with van der Waals surface area (Å²) in [5.74, 6) is -0.122. The van der Waals surface area contributed by atoms with Crippen LogP contribution in [0.2, 0.25) is 0 Å². The van der Waals surface area contributed by atoms with Gasteiger partial charge in [0.25, 0.3) is 0 Å². The lowest BCUT2D eigenvalue weighted by molar-refractivity contribution is 0.103. The lowest BCUT2D eigenvalue weighted by atomic mass is 10.1. The van der Waals surface area contributed by atoms with Crippen LogP contribution in [0, 0.1) is 0 Å². The van der Waals surface area contributed by atoms with Gasteiger partial charge in [0.15, 0.2) is 0 Å². The number of aromatic nitrogens is 4. The molecule has 0 saturated carbocycles. The Morgan fingerprint density at radius 1 is 1.14 bits per heavy atom. The molecule has 4 aromatic heterocycles. The lowest BCUT2D eigenvalue weighted by Gasteiger charge is -2.03. The van der Waals surface area contributed by atoms with Crippen molar-refractivity contribution in [2.45, 2.75) is 0 Å². The van der Waals surface area contributed by atoms with Crippen molar-refractivity contribution < 1.29 is 4.79 Å². The zero-order valence-electron chi connectivity index (χ0n) is 11.4. The fraction of sp³-hybridized carbons (Fsp3) is 0. The number of pyridine rings is 2. The van der Waals surface area contributed by atoms with Crippen LogP contribution in [0.1, 0.15) is 16.1 Å². The summed E-state index contributed by atoms with van der Waals surface area (Å²) in [5.41, 5.74) is 2.77. The molecule has 6 heteroatoms. The van der Waals surface area contributed by atoms with Crippen molar-refractivity contribution in [3.63, 3.8) is 0 Å². The van der Waals surface area contributed by atoms with E-state index in [2.05, 4.69) is 15.0 Å². The standard InChI is InChI=1S/C16H10N4OS/c21-15(14-16-20(10-19-14)4-5-22-16)13-6-12(8-18-9-13)11-2-1-3-17-7-11/h1-10H. The Kier molecular flexibility index (Phi) is 3.01. The van der Waals surface area contributed by atoms with Gasteiger partial charge in [-0.05, 0) is 12.1 Å². The molecule has 22 heavy (non-hydrogen) atoms. The average Bonchev–Trinajstić information content (AvgIpc) is 3.18. The Morgan fingerprint density at radius 3 is 2.91 bits per heavy atom. The van der Waals surface area contributed by atoms with Crippen LogP contribution in [-0.4, -0.2) is 25.1 Å². The molecule has 4 heterocycles. The zero-order chi connectivity index (χ0) is 14.9. The number of hydrogen-bond donors (Lipinski definition) is 0. The molecular weight excluding hydrogens is 296 g/mol. The summed E-state index contributed by atoms with van der Waals surface area (Å²) in [6.45, 7) is 0. The van der Waals surface area contributed by atoms with Crippen LogP contribution < -0.4 is 0 Å². The predicted octanol–water partition coefficient (Wildman–Crippen LogP) is 3.08. The molecule has 0 fully saturated rings. The average molecular weight is 306 g/mol. The number of carbonyl (C=O) groups excluding carboxylic acids is 1. The Labute approximate surface area is 129 Å². The number of imidazole rings is 1. The van der Waals surface area contributed by atoms with Crippen LogP contribution in [0.3, 0.4) is 0 Å². The van der Waals surface area contributed by atoms with E-state index in [-0.39, 0.29) is 5.78 Å². The van der Waals surface area contributed by atoms with Crippen molar-refractivity contribution in [3.05, 3.63) is 72.1 Å². The summed E-state index contributed by atoms with van der Waals surface area (Å²) < 4.78 is 1.84. The quantitative estimate of drug-likeness (QED) is 0.546. The third-order valence-corrected chi connectivity index (χ3v) is 4.25. The topological polar surface area (TPSA) is 60.2 Å². The van der Waals surface area contributed by atoms with Crippen LogP contribution >= 0.6 is 11.3 Å². The van der Waals surface area contributed by atoms with Gasteiger partial charge in [0, 0.05) is 53.1 Å². The minimum absolute atomic E-state index is 0.122. The van der Waals surface area contributed by atoms with Crippen molar-refractivity contribution in [1.82, 2.24) is 19.4 Å². The molecule has 0 amide bonds. The summed E-state index contributed by atoms with van der Waals surface area (Å²) in [7, 11) is 0. The maximum Gasteiger partial charge on any atom is 0.216 e. The Balaban J connectivity index is 1.77. The summed E-state index contributed by atoms with van der Waals surface area (Å²) in [6, 6.07) is 5.62. The van der Waals surface area contributed by atoms with E-state index in [1.807, 2.05) is 34.2 Å². The van der Waals surface area contributed by atoms with Gasteiger partial charge in [-0.15, -0.1) is 11.3 Å². The number of hydrogen-bond acceptors (Lipinski definition) is 5. The molecule has 106 valence electrons. The smallest absolute Gasteiger partial charge is 0.216 e. The van der Waals surface area contributed by atoms with Gasteiger partial charge < -0.3 is 0 Å². The van der Waals surface area contributed by atoms with Gasteiger partial charge in [-0.25, -0.2) is 4.98 Å². The van der Waals surface area contributed by atoms with Gasteiger partial charge in [0.1, 0.15) is 16.9 Å². The fourth-order valence-electron chi connectivity index (χ4n) is 2.28. The van der Waals surface area contributed by atoms with E-state index >= 15 is 0 Å². The highest BCUT2D eigenvalue weighted by atomic mass is 32.1. The molecule has 0 saturated heterocycles. The van der Waals surface area contributed by atoms with Crippen LogP contribution in [0.4, 0.5) is 0 Å². The van der Waals surface area contributed by atoms with Crippen LogP contribution in [0.5, 0.6) is 0 Å². The molecule has 0 aliphatic carbocycles. The van der Waals surface area contributed by atoms with Crippen molar-refractivity contribution >= 4 is 22.0 Å². The third-order valence-electron chi connectivity index (χ3n) is 3.36. The maximum atomic E-state index is 12.7. The van der Waals surface area contributed by atoms with E-state index in [0.717, 1.165) is 16.0 Å². The van der Waals surface area contributed by atoms with Gasteiger partial charge in [0.05, 0.1) is 0 Å². The first-order valence-electron chi connectivity index (χ1n) is 6.63. The molecule has 0 N–H and O–H groups in total. The van der Waals surface area contributed by atoms with Crippen molar-refractivity contribution in [3.8, 4) is 11.1 Å². The number of ketones is 1. The molecule has 4 rings (SSSR count). The Morgan fingerprint density at radius 2 is 2.05 bits per heavy atom. The van der Waals surface area contributed by atoms with Gasteiger partial charge in [-0.3, -0.25) is 19.2 Å². The van der Waals surface area contributed by atoms with E-state index in [9.17, 15) is 4.79 Å². The van der Waals surface area contributed by atoms with E-state index in [0.29, 0.717) is 11.3 Å². The van der Waals surface area contributed by atoms with E-state index in [1.54, 1.807) is 31.1 Å². The second-order valence-electron chi connectivity index (χ2n) is 4.74. The predicted molar refractivity (Wildman–Crippen MR) is 84.0 cm³/mol. The Bertz CT molecular complexity index is 958. The summed E-state index contributed by atoms with van der Waals surface area (Å²) in [4.78, 5) is 26.0. The molecule has 0 unspecified atom stereocenters. The normalized spacial score (nSPS) is 10.9. The Hall–Kier alpha value is -2.86. The highest BCUT2D eigenvalue weighted by Gasteiger charge is 2.17. The van der Waals surface area contributed by atoms with Crippen LogP contribution in [-0.2, 0) is 0 Å². The molecule has 0 spiro atoms. The molecule has 0 aliphatic rings. The third kappa shape index (κ3) is 2.10. The molecule has 0 bridgehead atoms. The number of rotatable bonds is 3. The van der Waals surface area contributed by atoms with E-state index in [4.69, 9.17) is 0 Å². The van der Waals surface area contributed by atoms with Crippen molar-refractivity contribution in [2.75, 3.05) is 0 Å². The first kappa shape index (κ1) is 12.8. The summed E-state index contributed by atoms with van der Waals surface area (Å²) in [5, 5.41) is 1.93. The highest BCUT2D eigenvalue weighted by molar-refractivity contribution is 7.15. The minimum atomic E-state index is -0.122. The second-order valence-corrected chi connectivity index (χ2v) is 5.64. The summed E-state index contributed by atoms with van der Waals surface area (Å²) in [6.07, 6.45) is 10.3. The SMILES string of the molecule is O=C(c1cncc(-c2cccnc2)c1)c1ncn2ccsc12. The van der Waals surface area contributed by atoms with Gasteiger partial charge in [-0.2, -0.15) is 0 Å². The van der Waals surface area contributed by atoms with Crippen molar-refractivity contribution in [2.24, 2.45) is 0 Å². The van der Waals surface area contributed by atoms with Gasteiger partial charge in [0.2, 0.25) is 5.78 Å². The highest BCUT2D eigenvalue weighted by Crippen LogP contribution is 2.22. The number of thiazole rings is 1. The molecule has 5 nitrogen and oxygen atoms in total. The van der Waals surface area contributed by atoms with Crippen molar-refractivity contribution in [1.29, 1.82) is 0 Å². The van der Waals surface area contributed by atoms with Crippen LogP contribution in [0.15, 0.2) is 60.9 Å². The molecule has 0 atom stereocenters. The minimum Gasteiger partial charge on any atom is -0.296 e. The first-order chi connectivity index (χ1) is 10.8. The number of nitrogens with zero attached hydrogens (tertiary/aromatic N) is 4. The molecular formula is C16H10N4OS. The number of fused-ring (bicyclic) bond motifs is 1. The van der Waals surface area contributed by atoms with Gasteiger partial charge >= 0.3 is 0 Å². The fourth-order valence-corrected chi connectivity index (χ4v) is 3.09. The largest absolute Gasteiger partial charge is 0.296 e. The molecule has 0 aliphatic heterocycles. The van der Waals surface area contributed by atoms with E-state index < -0.39 is 0 Å². The monoisotopic (exact) mass is 306 g/mol. The molecule has 0 radical (unpaired) electrons. The summed E-state index contributed by atoms with van der Waals surface area (Å²) >= 11 is 1.49. The lowest BCUT2D eigenvalue weighted by Crippen LogP contribution is -2.03. The second kappa shape index (κ2) is 5.16. The molecule has 4 aromatic rings. The number of carbonyl (C=O) groups is 1. The first-order valence-corrected chi connectivity index (χ1v) is 7.51. The van der Waals surface area contributed by atoms with Gasteiger partial charge in [-0.1, -0.05) is 6.07 Å². The zero-order valence-corrected chi connectivity index (χ0v) is 12.2. The molecule has 0 aromatic carbocycles.